The number of pyridine rings is 1. The van der Waals surface area contributed by atoms with Gasteiger partial charge in [-0.3, -0.25) is 4.98 Å². The van der Waals surface area contributed by atoms with Crippen LogP contribution in [0.5, 0.6) is 0 Å². The first kappa shape index (κ1) is 13.8. The maximum Gasteiger partial charge on any atom is 0.0810 e. The Morgan fingerprint density at radius 3 is 2.48 bits per heavy atom. The van der Waals surface area contributed by atoms with Gasteiger partial charge in [-0.1, -0.05) is 55.5 Å². The Balaban J connectivity index is 1.79. The number of aromatic nitrogens is 1. The summed E-state index contributed by atoms with van der Waals surface area (Å²) in [4.78, 5) is 4.42. The molecular weight excluding hydrogens is 258 g/mol. The Morgan fingerprint density at radius 2 is 1.67 bits per heavy atom. The van der Waals surface area contributed by atoms with Crippen molar-refractivity contribution in [3.05, 3.63) is 78.0 Å². The number of nitrogens with zero attached hydrogens (tertiary/aromatic N) is 1. The van der Waals surface area contributed by atoms with Gasteiger partial charge in [0, 0.05) is 11.6 Å². The van der Waals surface area contributed by atoms with Gasteiger partial charge in [0.15, 0.2) is 0 Å². The van der Waals surface area contributed by atoms with Crippen LogP contribution in [0, 0.1) is 0 Å². The quantitative estimate of drug-likeness (QED) is 0.763. The minimum Gasteiger partial charge on any atom is -0.388 e. The van der Waals surface area contributed by atoms with Crippen molar-refractivity contribution in [2.24, 2.45) is 0 Å². The Morgan fingerprint density at radius 1 is 0.952 bits per heavy atom. The van der Waals surface area contributed by atoms with Crippen LogP contribution in [0.2, 0.25) is 0 Å². The fourth-order valence-electron chi connectivity index (χ4n) is 2.66. The van der Waals surface area contributed by atoms with E-state index in [-0.39, 0.29) is 0 Å². The lowest BCUT2D eigenvalue weighted by atomic mass is 9.92. The van der Waals surface area contributed by atoms with Gasteiger partial charge in [0.1, 0.15) is 0 Å². The van der Waals surface area contributed by atoms with E-state index in [4.69, 9.17) is 0 Å². The first-order chi connectivity index (χ1) is 10.2. The lowest BCUT2D eigenvalue weighted by Crippen LogP contribution is -2.04. The molecule has 1 N–H and O–H groups in total. The third kappa shape index (κ3) is 3.11. The molecule has 0 saturated carbocycles. The van der Waals surface area contributed by atoms with Crippen LogP contribution < -0.4 is 0 Å². The van der Waals surface area contributed by atoms with Crippen molar-refractivity contribution in [1.29, 1.82) is 0 Å². The van der Waals surface area contributed by atoms with Gasteiger partial charge in [-0.25, -0.2) is 0 Å². The summed E-state index contributed by atoms with van der Waals surface area (Å²) >= 11 is 0. The number of rotatable bonds is 4. The van der Waals surface area contributed by atoms with E-state index in [1.54, 1.807) is 6.20 Å². The first-order valence-corrected chi connectivity index (χ1v) is 7.32. The second kappa shape index (κ2) is 6.06. The van der Waals surface area contributed by atoms with E-state index >= 15 is 0 Å². The number of hydrogen-bond donors (Lipinski definition) is 1. The van der Waals surface area contributed by atoms with Crippen LogP contribution >= 0.6 is 0 Å². The molecule has 1 aromatic heterocycles. The molecule has 0 bridgehead atoms. The summed E-state index contributed by atoms with van der Waals surface area (Å²) in [5, 5.41) is 11.5. The highest BCUT2D eigenvalue weighted by atomic mass is 16.3. The van der Waals surface area contributed by atoms with E-state index in [0.717, 1.165) is 16.5 Å². The van der Waals surface area contributed by atoms with Crippen LogP contribution in [0.4, 0.5) is 0 Å². The van der Waals surface area contributed by atoms with Crippen molar-refractivity contribution < 1.29 is 5.11 Å². The maximum atomic E-state index is 10.5. The van der Waals surface area contributed by atoms with Crippen molar-refractivity contribution >= 4 is 10.9 Å². The number of hydrogen-bond acceptors (Lipinski definition) is 2. The van der Waals surface area contributed by atoms with Crippen LogP contribution in [-0.2, 0) is 0 Å². The van der Waals surface area contributed by atoms with Crippen molar-refractivity contribution in [2.45, 2.75) is 25.4 Å². The molecule has 0 aliphatic heterocycles. The van der Waals surface area contributed by atoms with E-state index < -0.39 is 6.10 Å². The zero-order valence-electron chi connectivity index (χ0n) is 12.1. The van der Waals surface area contributed by atoms with Crippen LogP contribution in [0.25, 0.3) is 10.9 Å². The van der Waals surface area contributed by atoms with Gasteiger partial charge < -0.3 is 5.11 Å². The van der Waals surface area contributed by atoms with Crippen LogP contribution in [-0.4, -0.2) is 10.1 Å². The standard InChI is InChI=1S/C19H19NO/c1-14(15-7-3-2-4-8-15)11-19(21)17-12-16-9-5-6-10-18(16)20-13-17/h2-10,12-14,19,21H,11H2,1H3. The number of aliphatic hydroxyl groups excluding tert-OH is 1. The molecule has 1 heterocycles. The highest BCUT2D eigenvalue weighted by molar-refractivity contribution is 5.78. The van der Waals surface area contributed by atoms with Crippen molar-refractivity contribution in [1.82, 2.24) is 4.98 Å². The number of fused-ring (bicyclic) bond motifs is 1. The second-order valence-electron chi connectivity index (χ2n) is 5.52. The van der Waals surface area contributed by atoms with E-state index in [0.29, 0.717) is 12.3 Å². The van der Waals surface area contributed by atoms with Crippen molar-refractivity contribution in [3.63, 3.8) is 0 Å². The molecule has 21 heavy (non-hydrogen) atoms. The summed E-state index contributed by atoms with van der Waals surface area (Å²) in [5.74, 6) is 0.313. The average Bonchev–Trinajstić information content (AvgIpc) is 2.55. The van der Waals surface area contributed by atoms with Crippen molar-refractivity contribution in [3.8, 4) is 0 Å². The predicted molar refractivity (Wildman–Crippen MR) is 86.2 cm³/mol. The fourth-order valence-corrected chi connectivity index (χ4v) is 2.66. The summed E-state index contributed by atoms with van der Waals surface area (Å²) in [6.07, 6.45) is 1.99. The van der Waals surface area contributed by atoms with Gasteiger partial charge in [-0.05, 0) is 35.6 Å². The van der Waals surface area contributed by atoms with Gasteiger partial charge in [-0.15, -0.1) is 0 Å². The minimum absolute atomic E-state index is 0.313. The smallest absolute Gasteiger partial charge is 0.0810 e. The monoisotopic (exact) mass is 277 g/mol. The van der Waals surface area contributed by atoms with E-state index in [2.05, 4.69) is 24.0 Å². The molecule has 0 fully saturated rings. The summed E-state index contributed by atoms with van der Waals surface area (Å²) in [6.45, 7) is 2.15. The second-order valence-corrected chi connectivity index (χ2v) is 5.52. The van der Waals surface area contributed by atoms with Crippen LogP contribution in [0.15, 0.2) is 66.9 Å². The SMILES string of the molecule is CC(CC(O)c1cnc2ccccc2c1)c1ccccc1. The molecule has 0 radical (unpaired) electrons. The van der Waals surface area contributed by atoms with Crippen molar-refractivity contribution in [2.75, 3.05) is 0 Å². The zero-order chi connectivity index (χ0) is 14.7. The molecule has 2 atom stereocenters. The maximum absolute atomic E-state index is 10.5. The predicted octanol–water partition coefficient (Wildman–Crippen LogP) is 4.46. The zero-order valence-corrected chi connectivity index (χ0v) is 12.1. The van der Waals surface area contributed by atoms with Gasteiger partial charge in [-0.2, -0.15) is 0 Å². The lowest BCUT2D eigenvalue weighted by Gasteiger charge is -2.17. The van der Waals surface area contributed by atoms with E-state index in [1.807, 2.05) is 48.5 Å². The lowest BCUT2D eigenvalue weighted by molar-refractivity contribution is 0.159. The Bertz CT molecular complexity index is 724. The Hall–Kier alpha value is -2.19. The molecule has 0 aliphatic rings. The van der Waals surface area contributed by atoms with Gasteiger partial charge in [0.25, 0.3) is 0 Å². The third-order valence-electron chi connectivity index (χ3n) is 3.94. The first-order valence-electron chi connectivity index (χ1n) is 7.32. The fraction of sp³-hybridized carbons (Fsp3) is 0.211. The van der Waals surface area contributed by atoms with Gasteiger partial charge >= 0.3 is 0 Å². The molecule has 106 valence electrons. The molecule has 2 nitrogen and oxygen atoms in total. The molecular formula is C19H19NO. The van der Waals surface area contributed by atoms with Crippen LogP contribution in [0.1, 0.15) is 36.5 Å². The summed E-state index contributed by atoms with van der Waals surface area (Å²) < 4.78 is 0. The molecule has 3 rings (SSSR count). The normalized spacial score (nSPS) is 14.0. The Kier molecular flexibility index (Phi) is 3.98. The largest absolute Gasteiger partial charge is 0.388 e. The molecule has 0 aliphatic carbocycles. The van der Waals surface area contributed by atoms with E-state index in [9.17, 15) is 5.11 Å². The van der Waals surface area contributed by atoms with E-state index in [1.165, 1.54) is 5.56 Å². The molecule has 2 heteroatoms. The molecule has 0 spiro atoms. The minimum atomic E-state index is -0.489. The molecule has 0 amide bonds. The highest BCUT2D eigenvalue weighted by Gasteiger charge is 2.14. The summed E-state index contributed by atoms with van der Waals surface area (Å²) in [6, 6.07) is 20.3. The molecule has 3 aromatic rings. The average molecular weight is 277 g/mol. The Labute approximate surface area is 125 Å². The topological polar surface area (TPSA) is 33.1 Å². The summed E-state index contributed by atoms with van der Waals surface area (Å²) in [7, 11) is 0. The van der Waals surface area contributed by atoms with Crippen LogP contribution in [0.3, 0.4) is 0 Å². The third-order valence-corrected chi connectivity index (χ3v) is 3.94. The number of para-hydroxylation sites is 1. The van der Waals surface area contributed by atoms with Gasteiger partial charge in [0.05, 0.1) is 11.6 Å². The highest BCUT2D eigenvalue weighted by Crippen LogP contribution is 2.28. The molecule has 2 aromatic carbocycles. The molecule has 0 saturated heterocycles. The van der Waals surface area contributed by atoms with Gasteiger partial charge in [0.2, 0.25) is 0 Å². The molecule has 2 unspecified atom stereocenters. The summed E-state index contributed by atoms with van der Waals surface area (Å²) in [5.41, 5.74) is 3.10. The number of benzene rings is 2. The number of aliphatic hydroxyl groups is 1.